The molecule has 9 heteroatoms. The second kappa shape index (κ2) is 10.6. The summed E-state index contributed by atoms with van der Waals surface area (Å²) in [6, 6.07) is 13.0. The van der Waals surface area contributed by atoms with Gasteiger partial charge in [-0.3, -0.25) is 9.78 Å². The van der Waals surface area contributed by atoms with Gasteiger partial charge in [-0.2, -0.15) is 0 Å². The Morgan fingerprint density at radius 2 is 1.91 bits per heavy atom. The number of carbonyl (C=O) groups is 1. The van der Waals surface area contributed by atoms with Crippen LogP contribution in [0.1, 0.15) is 39.3 Å². The highest BCUT2D eigenvalue weighted by atomic mass is 16.5. The third kappa shape index (κ3) is 5.79. The molecule has 1 fully saturated rings. The lowest BCUT2D eigenvalue weighted by Crippen LogP contribution is -2.41. The number of nitrogens with one attached hydrogen (secondary N) is 1. The molecule has 3 aromatic rings. The summed E-state index contributed by atoms with van der Waals surface area (Å²) in [4.78, 5) is 27.3. The van der Waals surface area contributed by atoms with Gasteiger partial charge in [0.1, 0.15) is 23.2 Å². The SMILES string of the molecule is CCOc1ccccc1OC1CCCN(c2cncc(Nc3cccc(C(C)(C)C(=O)O)n3)n2)C1. The topological polar surface area (TPSA) is 110 Å². The normalized spacial score (nSPS) is 16.0. The molecule has 0 saturated carbocycles. The standard InChI is InChI=1S/C26H31N5O4/c1-4-34-19-10-5-6-11-20(19)35-18-9-8-14-31(17-18)24-16-27-15-23(30-24)29-22-13-7-12-21(28-22)26(2,3)25(32)33/h5-7,10-13,15-16,18H,4,8-9,14,17H2,1-3H3,(H,32,33)(H,28,29,30). The first-order valence-corrected chi connectivity index (χ1v) is 11.8. The lowest BCUT2D eigenvalue weighted by molar-refractivity contribution is -0.142. The lowest BCUT2D eigenvalue weighted by atomic mass is 9.89. The van der Waals surface area contributed by atoms with E-state index in [9.17, 15) is 9.90 Å². The van der Waals surface area contributed by atoms with Crippen LogP contribution in [-0.4, -0.2) is 51.8 Å². The smallest absolute Gasteiger partial charge is 0.315 e. The number of hydrogen-bond acceptors (Lipinski definition) is 8. The molecule has 0 spiro atoms. The van der Waals surface area contributed by atoms with Gasteiger partial charge in [-0.1, -0.05) is 18.2 Å². The van der Waals surface area contributed by atoms with E-state index >= 15 is 0 Å². The average molecular weight is 478 g/mol. The number of nitrogens with zero attached hydrogens (tertiary/aromatic N) is 4. The molecule has 184 valence electrons. The Kier molecular flexibility index (Phi) is 7.33. The number of anilines is 3. The van der Waals surface area contributed by atoms with Crippen molar-refractivity contribution in [2.24, 2.45) is 0 Å². The molecule has 2 N–H and O–H groups in total. The van der Waals surface area contributed by atoms with E-state index in [2.05, 4.69) is 20.2 Å². The van der Waals surface area contributed by atoms with Crippen molar-refractivity contribution in [3.63, 3.8) is 0 Å². The molecule has 0 amide bonds. The molecule has 1 atom stereocenters. The summed E-state index contributed by atoms with van der Waals surface area (Å²) in [7, 11) is 0. The first kappa shape index (κ1) is 24.3. The van der Waals surface area contributed by atoms with Crippen LogP contribution in [0.2, 0.25) is 0 Å². The molecule has 1 aliphatic heterocycles. The second-order valence-electron chi connectivity index (χ2n) is 8.93. The van der Waals surface area contributed by atoms with Gasteiger partial charge in [-0.25, -0.2) is 9.97 Å². The van der Waals surface area contributed by atoms with Gasteiger partial charge in [0, 0.05) is 6.54 Å². The number of carboxylic acids is 1. The van der Waals surface area contributed by atoms with Gasteiger partial charge < -0.3 is 24.8 Å². The van der Waals surface area contributed by atoms with Crippen molar-refractivity contribution in [3.05, 3.63) is 60.6 Å². The van der Waals surface area contributed by atoms with Gasteiger partial charge in [-0.15, -0.1) is 0 Å². The van der Waals surface area contributed by atoms with Crippen LogP contribution in [-0.2, 0) is 10.2 Å². The molecule has 9 nitrogen and oxygen atoms in total. The molecule has 0 aliphatic carbocycles. The minimum absolute atomic E-state index is 0.000342. The minimum Gasteiger partial charge on any atom is -0.490 e. The summed E-state index contributed by atoms with van der Waals surface area (Å²) in [6.45, 7) is 7.33. The molecular weight excluding hydrogens is 446 g/mol. The second-order valence-corrected chi connectivity index (χ2v) is 8.93. The summed E-state index contributed by atoms with van der Waals surface area (Å²) in [5.41, 5.74) is -0.642. The maximum Gasteiger partial charge on any atom is 0.315 e. The van der Waals surface area contributed by atoms with Crippen LogP contribution in [0.4, 0.5) is 17.5 Å². The zero-order valence-corrected chi connectivity index (χ0v) is 20.3. The molecule has 0 radical (unpaired) electrons. The fraction of sp³-hybridized carbons (Fsp3) is 0.385. The third-order valence-electron chi connectivity index (χ3n) is 5.95. The quantitative estimate of drug-likeness (QED) is 0.463. The monoisotopic (exact) mass is 477 g/mol. The average Bonchev–Trinajstić information content (AvgIpc) is 2.86. The highest BCUT2D eigenvalue weighted by molar-refractivity contribution is 5.79. The first-order chi connectivity index (χ1) is 16.9. The number of para-hydroxylation sites is 2. The number of hydrogen-bond donors (Lipinski definition) is 2. The molecule has 35 heavy (non-hydrogen) atoms. The van der Waals surface area contributed by atoms with Crippen LogP contribution >= 0.6 is 0 Å². The Balaban J connectivity index is 1.46. The van der Waals surface area contributed by atoms with E-state index in [0.717, 1.165) is 36.7 Å². The molecule has 1 aliphatic rings. The van der Waals surface area contributed by atoms with Gasteiger partial charge in [-0.05, 0) is 57.9 Å². The first-order valence-electron chi connectivity index (χ1n) is 11.8. The predicted octanol–water partition coefficient (Wildman–Crippen LogP) is 4.42. The number of aliphatic carboxylic acids is 1. The maximum atomic E-state index is 11.6. The number of pyridine rings is 1. The third-order valence-corrected chi connectivity index (χ3v) is 5.95. The van der Waals surface area contributed by atoms with Crippen molar-refractivity contribution in [1.82, 2.24) is 15.0 Å². The van der Waals surface area contributed by atoms with Crippen molar-refractivity contribution in [2.45, 2.75) is 45.1 Å². The highest BCUT2D eigenvalue weighted by Crippen LogP contribution is 2.30. The Bertz CT molecular complexity index is 1170. The summed E-state index contributed by atoms with van der Waals surface area (Å²) in [5.74, 6) is 2.34. The number of benzene rings is 1. The zero-order chi connectivity index (χ0) is 24.8. The van der Waals surface area contributed by atoms with Crippen LogP contribution in [0.15, 0.2) is 54.9 Å². The molecule has 2 aromatic heterocycles. The number of aromatic nitrogens is 3. The summed E-state index contributed by atoms with van der Waals surface area (Å²) in [5, 5.41) is 12.7. The van der Waals surface area contributed by atoms with Gasteiger partial charge in [0.2, 0.25) is 0 Å². The summed E-state index contributed by atoms with van der Waals surface area (Å²) >= 11 is 0. The molecule has 1 saturated heterocycles. The van der Waals surface area contributed by atoms with E-state index in [1.165, 1.54) is 0 Å². The van der Waals surface area contributed by atoms with Crippen LogP contribution < -0.4 is 19.7 Å². The number of piperidine rings is 1. The largest absolute Gasteiger partial charge is 0.490 e. The van der Waals surface area contributed by atoms with Crippen LogP contribution in [0.5, 0.6) is 11.5 Å². The summed E-state index contributed by atoms with van der Waals surface area (Å²) < 4.78 is 12.0. The van der Waals surface area contributed by atoms with E-state index < -0.39 is 11.4 Å². The zero-order valence-electron chi connectivity index (χ0n) is 20.3. The number of carboxylic acid groups (broad SMARTS) is 1. The molecular formula is C26H31N5O4. The fourth-order valence-corrected chi connectivity index (χ4v) is 3.91. The summed E-state index contributed by atoms with van der Waals surface area (Å²) in [6.07, 6.45) is 5.27. The van der Waals surface area contributed by atoms with Gasteiger partial charge in [0.05, 0.1) is 31.2 Å². The van der Waals surface area contributed by atoms with Crippen LogP contribution in [0.3, 0.4) is 0 Å². The molecule has 3 heterocycles. The van der Waals surface area contributed by atoms with Crippen molar-refractivity contribution in [1.29, 1.82) is 0 Å². The van der Waals surface area contributed by atoms with E-state index in [4.69, 9.17) is 14.5 Å². The fourth-order valence-electron chi connectivity index (χ4n) is 3.91. The Labute approximate surface area is 205 Å². The van der Waals surface area contributed by atoms with E-state index in [1.54, 1.807) is 44.4 Å². The van der Waals surface area contributed by atoms with Crippen molar-refractivity contribution >= 4 is 23.4 Å². The number of rotatable bonds is 9. The van der Waals surface area contributed by atoms with Crippen molar-refractivity contribution < 1.29 is 19.4 Å². The Hall–Kier alpha value is -3.88. The Morgan fingerprint density at radius 3 is 2.69 bits per heavy atom. The van der Waals surface area contributed by atoms with Crippen LogP contribution in [0.25, 0.3) is 0 Å². The number of ether oxygens (including phenoxy) is 2. The lowest BCUT2D eigenvalue weighted by Gasteiger charge is -2.33. The maximum absolute atomic E-state index is 11.6. The predicted molar refractivity (Wildman–Crippen MR) is 134 cm³/mol. The van der Waals surface area contributed by atoms with E-state index in [1.807, 2.05) is 31.2 Å². The van der Waals surface area contributed by atoms with E-state index in [0.29, 0.717) is 30.5 Å². The van der Waals surface area contributed by atoms with Gasteiger partial charge in [0.25, 0.3) is 0 Å². The van der Waals surface area contributed by atoms with Crippen molar-refractivity contribution in [2.75, 3.05) is 29.9 Å². The molecule has 1 aromatic carbocycles. The molecule has 1 unspecified atom stereocenters. The van der Waals surface area contributed by atoms with E-state index in [-0.39, 0.29) is 6.10 Å². The minimum atomic E-state index is -1.10. The highest BCUT2D eigenvalue weighted by Gasteiger charge is 2.31. The van der Waals surface area contributed by atoms with Crippen LogP contribution in [0, 0.1) is 0 Å². The van der Waals surface area contributed by atoms with Crippen molar-refractivity contribution in [3.8, 4) is 11.5 Å². The Morgan fingerprint density at radius 1 is 1.11 bits per heavy atom. The molecule has 0 bridgehead atoms. The van der Waals surface area contributed by atoms with Gasteiger partial charge in [0.15, 0.2) is 17.3 Å². The molecule has 4 rings (SSSR count). The van der Waals surface area contributed by atoms with Gasteiger partial charge >= 0.3 is 5.97 Å².